The van der Waals surface area contributed by atoms with E-state index in [0.717, 1.165) is 6.07 Å². The molecule has 1 fully saturated rings. The normalized spacial score (nSPS) is 16.3. The number of amides is 1. The van der Waals surface area contributed by atoms with E-state index in [9.17, 15) is 36.0 Å². The summed E-state index contributed by atoms with van der Waals surface area (Å²) in [6.45, 7) is 3.10. The smallest absolute Gasteiger partial charge is 0.405 e. The Balaban J connectivity index is 1.83. The van der Waals surface area contributed by atoms with E-state index in [1.54, 1.807) is 0 Å². The summed E-state index contributed by atoms with van der Waals surface area (Å²) in [4.78, 5) is 42.2. The van der Waals surface area contributed by atoms with Gasteiger partial charge in [0.2, 0.25) is 5.91 Å². The topological polar surface area (TPSA) is 131 Å². The van der Waals surface area contributed by atoms with Crippen LogP contribution in [0.4, 0.5) is 13.2 Å². The Morgan fingerprint density at radius 1 is 1.24 bits per heavy atom. The van der Waals surface area contributed by atoms with Crippen LogP contribution in [-0.2, 0) is 27.7 Å². The van der Waals surface area contributed by atoms with Crippen molar-refractivity contribution in [2.24, 2.45) is 0 Å². The van der Waals surface area contributed by atoms with Crippen molar-refractivity contribution in [2.75, 3.05) is 18.8 Å². The van der Waals surface area contributed by atoms with Gasteiger partial charge < -0.3 is 15.0 Å². The highest BCUT2D eigenvalue weighted by atomic mass is 79.9. The Morgan fingerprint density at radius 3 is 2.59 bits per heavy atom. The van der Waals surface area contributed by atoms with Gasteiger partial charge in [0.15, 0.2) is 9.84 Å². The summed E-state index contributed by atoms with van der Waals surface area (Å²) in [6, 6.07) is 4.66. The average molecular weight is 682 g/mol. The molecule has 222 valence electrons. The van der Waals surface area contributed by atoms with Gasteiger partial charge in [-0.05, 0) is 52.2 Å². The van der Waals surface area contributed by atoms with Gasteiger partial charge in [0.05, 0.1) is 32.6 Å². The number of aromatic amines is 1. The summed E-state index contributed by atoms with van der Waals surface area (Å²) >= 11 is 9.31. The highest BCUT2D eigenvalue weighted by Gasteiger charge is 2.34. The highest BCUT2D eigenvalue weighted by Crippen LogP contribution is 2.37. The number of fused-ring (bicyclic) bond motifs is 1. The van der Waals surface area contributed by atoms with E-state index in [1.807, 2.05) is 4.90 Å². The molecule has 10 nitrogen and oxygen atoms in total. The molecule has 1 atom stereocenters. The lowest BCUT2D eigenvalue weighted by Gasteiger charge is -2.21. The molecule has 1 unspecified atom stereocenters. The second-order valence-corrected chi connectivity index (χ2v) is 13.0. The minimum atomic E-state index is -5.09. The van der Waals surface area contributed by atoms with Crippen LogP contribution in [0.2, 0.25) is 5.02 Å². The lowest BCUT2D eigenvalue weighted by molar-refractivity contribution is -0.275. The van der Waals surface area contributed by atoms with E-state index >= 15 is 0 Å². The summed E-state index contributed by atoms with van der Waals surface area (Å²) < 4.78 is 70.5. The molecule has 41 heavy (non-hydrogen) atoms. The monoisotopic (exact) mass is 680 g/mol. The van der Waals surface area contributed by atoms with E-state index in [1.165, 1.54) is 32.0 Å². The van der Waals surface area contributed by atoms with Gasteiger partial charge in [0, 0.05) is 43.2 Å². The molecule has 16 heteroatoms. The van der Waals surface area contributed by atoms with Crippen molar-refractivity contribution in [3.05, 3.63) is 65.7 Å². The second-order valence-electron chi connectivity index (χ2n) is 9.54. The summed E-state index contributed by atoms with van der Waals surface area (Å²) in [5, 5.41) is 2.65. The van der Waals surface area contributed by atoms with E-state index in [0.29, 0.717) is 24.1 Å². The molecule has 0 spiro atoms. The fraction of sp³-hybridized carbons (Fsp3) is 0.400. The Hall–Kier alpha value is -2.88. The number of carbonyl (C=O) groups is 1. The molecule has 1 aliphatic rings. The summed E-state index contributed by atoms with van der Waals surface area (Å²) in [5.74, 6) is -1.12. The molecular weight excluding hydrogens is 657 g/mol. The number of nitrogens with zero attached hydrogens (tertiary/aromatic N) is 2. The largest absolute Gasteiger partial charge is 0.573 e. The van der Waals surface area contributed by atoms with E-state index in [4.69, 9.17) is 11.6 Å². The fourth-order valence-electron chi connectivity index (χ4n) is 4.78. The van der Waals surface area contributed by atoms with Gasteiger partial charge in [0.25, 0.3) is 5.56 Å². The zero-order valence-electron chi connectivity index (χ0n) is 21.8. The first-order chi connectivity index (χ1) is 19.1. The molecule has 1 saturated heterocycles. The molecule has 3 aromatic rings. The second kappa shape index (κ2) is 11.8. The maximum atomic E-state index is 13.5. The molecule has 0 aliphatic carbocycles. The number of H-pyrrole nitrogens is 1. The minimum absolute atomic E-state index is 0.0237. The Labute approximate surface area is 245 Å². The molecule has 1 aromatic heterocycles. The van der Waals surface area contributed by atoms with Gasteiger partial charge in [-0.2, -0.15) is 0 Å². The Bertz CT molecular complexity index is 1740. The van der Waals surface area contributed by atoms with Gasteiger partial charge in [-0.3, -0.25) is 19.1 Å². The van der Waals surface area contributed by atoms with Crippen LogP contribution < -0.4 is 21.3 Å². The highest BCUT2D eigenvalue weighted by molar-refractivity contribution is 9.10. The number of rotatable bonds is 8. The predicted octanol–water partition coefficient (Wildman–Crippen LogP) is 3.56. The third-order valence-electron chi connectivity index (χ3n) is 6.63. The van der Waals surface area contributed by atoms with Crippen molar-refractivity contribution >= 4 is 54.2 Å². The van der Waals surface area contributed by atoms with Crippen molar-refractivity contribution in [3.63, 3.8) is 0 Å². The van der Waals surface area contributed by atoms with Crippen molar-refractivity contribution in [2.45, 2.75) is 50.7 Å². The number of benzene rings is 2. The number of aromatic nitrogens is 2. The van der Waals surface area contributed by atoms with Crippen LogP contribution in [0.1, 0.15) is 31.4 Å². The molecule has 4 rings (SSSR count). The number of nitrogens with one attached hydrogen (secondary N) is 2. The average Bonchev–Trinajstić information content (AvgIpc) is 3.30. The number of hydrogen-bond donors (Lipinski definition) is 2. The van der Waals surface area contributed by atoms with Crippen LogP contribution in [0, 0.1) is 0 Å². The summed E-state index contributed by atoms with van der Waals surface area (Å²) in [7, 11) is -3.76. The van der Waals surface area contributed by atoms with Crippen molar-refractivity contribution in [1.82, 2.24) is 19.8 Å². The van der Waals surface area contributed by atoms with Gasteiger partial charge in [-0.15, -0.1) is 13.2 Å². The molecule has 0 radical (unpaired) electrons. The first-order valence-electron chi connectivity index (χ1n) is 12.3. The van der Waals surface area contributed by atoms with Gasteiger partial charge in [0.1, 0.15) is 5.75 Å². The van der Waals surface area contributed by atoms with Crippen LogP contribution in [0.5, 0.6) is 5.75 Å². The zero-order valence-corrected chi connectivity index (χ0v) is 24.9. The molecule has 1 aliphatic heterocycles. The van der Waals surface area contributed by atoms with Crippen molar-refractivity contribution in [3.8, 4) is 5.75 Å². The maximum absolute atomic E-state index is 13.5. The number of likely N-dealkylation sites (tertiary alicyclic amines) is 1. The summed E-state index contributed by atoms with van der Waals surface area (Å²) in [6.07, 6.45) is -4.50. The van der Waals surface area contributed by atoms with Gasteiger partial charge in [-0.1, -0.05) is 18.5 Å². The van der Waals surface area contributed by atoms with Crippen molar-refractivity contribution in [1.29, 1.82) is 0 Å². The molecule has 2 heterocycles. The zero-order chi connectivity index (χ0) is 30.3. The Morgan fingerprint density at radius 2 is 1.95 bits per heavy atom. The molecule has 0 bridgehead atoms. The Kier molecular flexibility index (Phi) is 8.92. The molecule has 2 aromatic carbocycles. The fourth-order valence-corrected chi connectivity index (χ4v) is 6.72. The van der Waals surface area contributed by atoms with E-state index in [2.05, 4.69) is 31.0 Å². The number of hydrogen-bond acceptors (Lipinski definition) is 7. The first-order valence-corrected chi connectivity index (χ1v) is 15.2. The minimum Gasteiger partial charge on any atom is -0.405 e. The van der Waals surface area contributed by atoms with Crippen molar-refractivity contribution < 1.29 is 31.1 Å². The van der Waals surface area contributed by atoms with Gasteiger partial charge in [-0.25, -0.2) is 13.2 Å². The number of alkyl halides is 3. The van der Waals surface area contributed by atoms with Crippen LogP contribution in [-0.4, -0.2) is 60.0 Å². The molecular formula is C25H25BrClF3N4O6S. The lowest BCUT2D eigenvalue weighted by Crippen LogP contribution is -2.36. The first kappa shape index (κ1) is 31.1. The molecule has 0 saturated carbocycles. The molecule has 1 amide bonds. The van der Waals surface area contributed by atoms with Crippen LogP contribution >= 0.6 is 27.5 Å². The third kappa shape index (κ3) is 6.96. The van der Waals surface area contributed by atoms with E-state index in [-0.39, 0.29) is 60.7 Å². The molecule has 2 N–H and O–H groups in total. The van der Waals surface area contributed by atoms with Crippen LogP contribution in [0.15, 0.2) is 43.2 Å². The van der Waals surface area contributed by atoms with Gasteiger partial charge >= 0.3 is 12.1 Å². The number of halogens is 5. The number of carbonyl (C=O) groups excluding carboxylic acids is 1. The quantitative estimate of drug-likeness (QED) is 0.372. The number of ether oxygens (including phenoxy) is 1. The standard InChI is InChI=1S/C25H25BrClF3N4O6S/c1-3-41(38,39)20-5-4-15(27)8-14(20)10-34-23(36)17-9-19(40-25(28,29)30)18(21(26)22(17)32-24(34)37)12-33-7-6-16(11-33)31-13(2)35/h4-5,8-9,16H,3,6-7,10-12H2,1-2H3,(H,31,35)(H,32,37). The summed E-state index contributed by atoms with van der Waals surface area (Å²) in [5.41, 5.74) is -1.82. The maximum Gasteiger partial charge on any atom is 0.573 e. The number of sulfone groups is 1. The predicted molar refractivity (Wildman–Crippen MR) is 149 cm³/mol. The van der Waals surface area contributed by atoms with Crippen LogP contribution in [0.25, 0.3) is 10.9 Å². The third-order valence-corrected chi connectivity index (χ3v) is 9.57. The lowest BCUT2D eigenvalue weighted by atomic mass is 10.1. The SMILES string of the molecule is CCS(=O)(=O)c1ccc(Cl)cc1Cn1c(=O)[nH]c2c(Br)c(CN3CCC(NC(C)=O)C3)c(OC(F)(F)F)cc2c1=O. The van der Waals surface area contributed by atoms with Crippen LogP contribution in [0.3, 0.4) is 0 Å². The van der Waals surface area contributed by atoms with E-state index < -0.39 is 39.7 Å².